The Morgan fingerprint density at radius 3 is 2.53 bits per heavy atom. The molecule has 0 fully saturated rings. The molecule has 0 aliphatic rings. The molecule has 1 aromatic rings. The van der Waals surface area contributed by atoms with Crippen LogP contribution in [0.4, 0.5) is 0 Å². The zero-order valence-electron chi connectivity index (χ0n) is 11.0. The normalized spacial score (nSPS) is 11.5. The first-order valence-corrected chi connectivity index (χ1v) is 6.06. The van der Waals surface area contributed by atoms with Crippen molar-refractivity contribution in [3.05, 3.63) is 30.3 Å². The molecule has 0 saturated carbocycles. The largest absolute Gasteiger partial charge is 0.494 e. The quantitative estimate of drug-likeness (QED) is 0.705. The average Bonchev–Trinajstić information content (AvgIpc) is 2.30. The lowest BCUT2D eigenvalue weighted by molar-refractivity contribution is 0.127. The highest BCUT2D eigenvalue weighted by Gasteiger charge is 2.15. The van der Waals surface area contributed by atoms with E-state index in [9.17, 15) is 0 Å². The van der Waals surface area contributed by atoms with Crippen LogP contribution in [0, 0.1) is 0 Å². The number of rotatable bonds is 8. The van der Waals surface area contributed by atoms with Gasteiger partial charge >= 0.3 is 0 Å². The number of nitrogens with one attached hydrogen (secondary N) is 1. The van der Waals surface area contributed by atoms with Gasteiger partial charge in [-0.1, -0.05) is 18.2 Å². The summed E-state index contributed by atoms with van der Waals surface area (Å²) < 4.78 is 10.7. The number of benzene rings is 1. The van der Waals surface area contributed by atoms with Crippen LogP contribution in [0.25, 0.3) is 0 Å². The molecule has 1 aromatic carbocycles. The predicted octanol–water partition coefficient (Wildman–Crippen LogP) is 2.47. The molecular weight excluding hydrogens is 214 g/mol. The Morgan fingerprint density at radius 2 is 1.88 bits per heavy atom. The number of ether oxygens (including phenoxy) is 2. The summed E-state index contributed by atoms with van der Waals surface area (Å²) >= 11 is 0. The highest BCUT2D eigenvalue weighted by atomic mass is 16.5. The summed E-state index contributed by atoms with van der Waals surface area (Å²) in [5.74, 6) is 0.934. The summed E-state index contributed by atoms with van der Waals surface area (Å²) in [5, 5.41) is 3.44. The van der Waals surface area contributed by atoms with E-state index in [1.807, 2.05) is 30.3 Å². The summed E-state index contributed by atoms with van der Waals surface area (Å²) in [7, 11) is 1.72. The first-order chi connectivity index (χ1) is 8.14. The molecule has 0 aliphatic heterocycles. The van der Waals surface area contributed by atoms with Gasteiger partial charge < -0.3 is 14.8 Å². The zero-order valence-corrected chi connectivity index (χ0v) is 11.0. The smallest absolute Gasteiger partial charge is 0.119 e. The molecule has 3 heteroatoms. The maximum absolute atomic E-state index is 5.61. The lowest BCUT2D eigenvalue weighted by Crippen LogP contribution is -2.44. The van der Waals surface area contributed by atoms with Crippen molar-refractivity contribution in [3.8, 4) is 5.75 Å². The molecule has 0 atom stereocenters. The van der Waals surface area contributed by atoms with Crippen molar-refractivity contribution >= 4 is 0 Å². The second-order valence-electron chi connectivity index (χ2n) is 4.76. The first kappa shape index (κ1) is 14.0. The Kier molecular flexibility index (Phi) is 6.01. The van der Waals surface area contributed by atoms with Gasteiger partial charge in [-0.05, 0) is 38.9 Å². The molecule has 96 valence electrons. The van der Waals surface area contributed by atoms with Crippen LogP contribution in [0.1, 0.15) is 20.3 Å². The van der Waals surface area contributed by atoms with E-state index in [1.165, 1.54) is 0 Å². The fourth-order valence-electron chi connectivity index (χ4n) is 1.62. The molecule has 0 bridgehead atoms. The van der Waals surface area contributed by atoms with E-state index in [1.54, 1.807) is 7.11 Å². The summed E-state index contributed by atoms with van der Waals surface area (Å²) in [5.41, 5.74) is 0.0293. The summed E-state index contributed by atoms with van der Waals surface area (Å²) in [6.07, 6.45) is 0.988. The standard InChI is InChI=1S/C14H23NO2/c1-14(2,12-16-3)15-10-7-11-17-13-8-5-4-6-9-13/h4-6,8-9,15H,7,10-12H2,1-3H3. The Bertz CT molecular complexity index is 298. The van der Waals surface area contributed by atoms with E-state index in [0.29, 0.717) is 6.61 Å². The molecule has 0 aliphatic carbocycles. The predicted molar refractivity (Wildman–Crippen MR) is 70.5 cm³/mol. The van der Waals surface area contributed by atoms with Crippen molar-refractivity contribution in [2.45, 2.75) is 25.8 Å². The minimum Gasteiger partial charge on any atom is -0.494 e. The van der Waals surface area contributed by atoms with E-state index < -0.39 is 0 Å². The third-order valence-corrected chi connectivity index (χ3v) is 2.44. The molecule has 0 radical (unpaired) electrons. The van der Waals surface area contributed by atoms with Crippen LogP contribution in [-0.4, -0.2) is 32.4 Å². The highest BCUT2D eigenvalue weighted by molar-refractivity contribution is 5.20. The Labute approximate surface area is 104 Å². The molecule has 0 saturated heterocycles. The Balaban J connectivity index is 2.09. The van der Waals surface area contributed by atoms with Crippen molar-refractivity contribution in [1.29, 1.82) is 0 Å². The fraction of sp³-hybridized carbons (Fsp3) is 0.571. The fourth-order valence-corrected chi connectivity index (χ4v) is 1.62. The lowest BCUT2D eigenvalue weighted by Gasteiger charge is -2.25. The van der Waals surface area contributed by atoms with E-state index >= 15 is 0 Å². The van der Waals surface area contributed by atoms with Crippen LogP contribution in [-0.2, 0) is 4.74 Å². The number of hydrogen-bond acceptors (Lipinski definition) is 3. The second-order valence-corrected chi connectivity index (χ2v) is 4.76. The van der Waals surface area contributed by atoms with Crippen LogP contribution >= 0.6 is 0 Å². The average molecular weight is 237 g/mol. The van der Waals surface area contributed by atoms with E-state index in [-0.39, 0.29) is 5.54 Å². The van der Waals surface area contributed by atoms with Crippen molar-refractivity contribution in [2.24, 2.45) is 0 Å². The van der Waals surface area contributed by atoms with Gasteiger partial charge in [0.1, 0.15) is 5.75 Å². The minimum atomic E-state index is 0.0293. The van der Waals surface area contributed by atoms with Crippen LogP contribution in [0.5, 0.6) is 5.75 Å². The topological polar surface area (TPSA) is 30.5 Å². The second kappa shape index (κ2) is 7.30. The van der Waals surface area contributed by atoms with Gasteiger partial charge in [0.25, 0.3) is 0 Å². The van der Waals surface area contributed by atoms with Gasteiger partial charge in [-0.3, -0.25) is 0 Å². The van der Waals surface area contributed by atoms with Crippen molar-refractivity contribution < 1.29 is 9.47 Å². The minimum absolute atomic E-state index is 0.0293. The maximum atomic E-state index is 5.61. The van der Waals surface area contributed by atoms with Gasteiger partial charge in [-0.2, -0.15) is 0 Å². The molecule has 1 rings (SSSR count). The molecule has 17 heavy (non-hydrogen) atoms. The summed E-state index contributed by atoms with van der Waals surface area (Å²) in [4.78, 5) is 0. The third kappa shape index (κ3) is 6.29. The van der Waals surface area contributed by atoms with Crippen LogP contribution in [0.15, 0.2) is 30.3 Å². The molecule has 0 heterocycles. The molecule has 0 unspecified atom stereocenters. The monoisotopic (exact) mass is 237 g/mol. The summed E-state index contributed by atoms with van der Waals surface area (Å²) in [6.45, 7) is 6.65. The lowest BCUT2D eigenvalue weighted by atomic mass is 10.1. The van der Waals surface area contributed by atoms with E-state index in [0.717, 1.165) is 25.3 Å². The van der Waals surface area contributed by atoms with Gasteiger partial charge in [-0.15, -0.1) is 0 Å². The Hall–Kier alpha value is -1.06. The van der Waals surface area contributed by atoms with Gasteiger partial charge in [-0.25, -0.2) is 0 Å². The molecule has 0 spiro atoms. The van der Waals surface area contributed by atoms with Crippen molar-refractivity contribution in [3.63, 3.8) is 0 Å². The number of hydrogen-bond donors (Lipinski definition) is 1. The van der Waals surface area contributed by atoms with Gasteiger partial charge in [0.2, 0.25) is 0 Å². The number of methoxy groups -OCH3 is 1. The van der Waals surface area contributed by atoms with E-state index in [2.05, 4.69) is 19.2 Å². The van der Waals surface area contributed by atoms with Crippen molar-refractivity contribution in [2.75, 3.05) is 26.9 Å². The SMILES string of the molecule is COCC(C)(C)NCCCOc1ccccc1. The van der Waals surface area contributed by atoms with E-state index in [4.69, 9.17) is 9.47 Å². The van der Waals surface area contributed by atoms with Gasteiger partial charge in [0.05, 0.1) is 13.2 Å². The molecule has 3 nitrogen and oxygen atoms in total. The van der Waals surface area contributed by atoms with Crippen LogP contribution < -0.4 is 10.1 Å². The van der Waals surface area contributed by atoms with Gasteiger partial charge in [0.15, 0.2) is 0 Å². The Morgan fingerprint density at radius 1 is 1.18 bits per heavy atom. The summed E-state index contributed by atoms with van der Waals surface area (Å²) in [6, 6.07) is 9.90. The zero-order chi connectivity index (χ0) is 12.6. The maximum Gasteiger partial charge on any atom is 0.119 e. The van der Waals surface area contributed by atoms with Crippen molar-refractivity contribution in [1.82, 2.24) is 5.32 Å². The number of para-hydroxylation sites is 1. The third-order valence-electron chi connectivity index (χ3n) is 2.44. The molecule has 0 aromatic heterocycles. The molecular formula is C14H23NO2. The molecule has 1 N–H and O–H groups in total. The van der Waals surface area contributed by atoms with Crippen LogP contribution in [0.2, 0.25) is 0 Å². The van der Waals surface area contributed by atoms with Crippen LogP contribution in [0.3, 0.4) is 0 Å². The highest BCUT2D eigenvalue weighted by Crippen LogP contribution is 2.08. The molecule has 0 amide bonds. The van der Waals surface area contributed by atoms with Gasteiger partial charge in [0, 0.05) is 12.6 Å². The first-order valence-electron chi connectivity index (χ1n) is 6.06.